The summed E-state index contributed by atoms with van der Waals surface area (Å²) < 4.78 is 0.694. The maximum Gasteiger partial charge on any atom is 0.186 e. The Labute approximate surface area is 118 Å². The first kappa shape index (κ1) is 14.0. The molecule has 0 N–H and O–H groups in total. The van der Waals surface area contributed by atoms with E-state index in [9.17, 15) is 4.79 Å². The van der Waals surface area contributed by atoms with Crippen molar-refractivity contribution in [3.8, 4) is 0 Å². The number of carbonyl (C=O) groups excluding carboxylic acids is 1. The number of hydrogen-bond acceptors (Lipinski definition) is 3. The van der Waals surface area contributed by atoms with Gasteiger partial charge in [0.15, 0.2) is 5.78 Å². The number of carbonyl (C=O) groups is 1. The molecular formula is C14H20ClNOS. The van der Waals surface area contributed by atoms with E-state index in [1.165, 1.54) is 37.0 Å². The van der Waals surface area contributed by atoms with Crippen molar-refractivity contribution in [2.45, 2.75) is 32.6 Å². The highest BCUT2D eigenvalue weighted by Crippen LogP contribution is 2.24. The summed E-state index contributed by atoms with van der Waals surface area (Å²) in [5, 5.41) is 0. The second-order valence-corrected chi connectivity index (χ2v) is 6.75. The SMILES string of the molecule is CCCC1CCN(CC(=O)c2ccc(Cl)s2)CC1. The van der Waals surface area contributed by atoms with E-state index in [4.69, 9.17) is 11.6 Å². The van der Waals surface area contributed by atoms with Gasteiger partial charge in [-0.25, -0.2) is 0 Å². The first-order valence-electron chi connectivity index (χ1n) is 6.70. The molecule has 0 bridgehead atoms. The lowest BCUT2D eigenvalue weighted by atomic mass is 9.92. The summed E-state index contributed by atoms with van der Waals surface area (Å²) in [6.45, 7) is 4.93. The van der Waals surface area contributed by atoms with Crippen molar-refractivity contribution in [2.24, 2.45) is 5.92 Å². The number of piperidine rings is 1. The molecule has 0 aliphatic carbocycles. The summed E-state index contributed by atoms with van der Waals surface area (Å²) >= 11 is 7.24. The Balaban J connectivity index is 1.79. The first-order chi connectivity index (χ1) is 8.69. The van der Waals surface area contributed by atoms with E-state index in [1.807, 2.05) is 6.07 Å². The Hall–Kier alpha value is -0.380. The first-order valence-corrected chi connectivity index (χ1v) is 7.89. The number of rotatable bonds is 5. The molecule has 2 heterocycles. The van der Waals surface area contributed by atoms with Gasteiger partial charge < -0.3 is 0 Å². The molecule has 18 heavy (non-hydrogen) atoms. The fourth-order valence-electron chi connectivity index (χ4n) is 2.59. The van der Waals surface area contributed by atoms with E-state index in [-0.39, 0.29) is 5.78 Å². The van der Waals surface area contributed by atoms with Crippen molar-refractivity contribution in [3.63, 3.8) is 0 Å². The second kappa shape index (κ2) is 6.69. The Morgan fingerprint density at radius 1 is 1.44 bits per heavy atom. The van der Waals surface area contributed by atoms with E-state index >= 15 is 0 Å². The van der Waals surface area contributed by atoms with Crippen molar-refractivity contribution in [1.82, 2.24) is 4.90 Å². The third-order valence-corrected chi connectivity index (χ3v) is 4.89. The lowest BCUT2D eigenvalue weighted by Crippen LogP contribution is -2.37. The van der Waals surface area contributed by atoms with E-state index in [0.29, 0.717) is 10.9 Å². The molecule has 2 nitrogen and oxygen atoms in total. The minimum Gasteiger partial charge on any atom is -0.296 e. The standard InChI is InChI=1S/C14H20ClNOS/c1-2-3-11-6-8-16(9-7-11)10-12(17)13-4-5-14(15)18-13/h4-5,11H,2-3,6-10H2,1H3. The lowest BCUT2D eigenvalue weighted by molar-refractivity contribution is 0.0897. The zero-order valence-electron chi connectivity index (χ0n) is 10.8. The van der Waals surface area contributed by atoms with Gasteiger partial charge in [-0.15, -0.1) is 11.3 Å². The van der Waals surface area contributed by atoms with Crippen LogP contribution in [0.1, 0.15) is 42.3 Å². The highest BCUT2D eigenvalue weighted by molar-refractivity contribution is 7.18. The molecular weight excluding hydrogens is 266 g/mol. The summed E-state index contributed by atoms with van der Waals surface area (Å²) in [5.74, 6) is 1.08. The number of hydrogen-bond donors (Lipinski definition) is 0. The van der Waals surface area contributed by atoms with Gasteiger partial charge in [0.1, 0.15) is 0 Å². The fraction of sp³-hybridized carbons (Fsp3) is 0.643. The number of nitrogens with zero attached hydrogens (tertiary/aromatic N) is 1. The van der Waals surface area contributed by atoms with E-state index < -0.39 is 0 Å². The van der Waals surface area contributed by atoms with Gasteiger partial charge in [-0.3, -0.25) is 9.69 Å². The van der Waals surface area contributed by atoms with Crippen molar-refractivity contribution < 1.29 is 4.79 Å². The molecule has 2 rings (SSSR count). The molecule has 0 amide bonds. The molecule has 0 saturated carbocycles. The molecule has 100 valence electrons. The Kier molecular flexibility index (Phi) is 5.22. The minimum atomic E-state index is 0.209. The average molecular weight is 286 g/mol. The molecule has 0 radical (unpaired) electrons. The van der Waals surface area contributed by atoms with Gasteiger partial charge in [-0.05, 0) is 44.0 Å². The molecule has 0 aromatic carbocycles. The van der Waals surface area contributed by atoms with Crippen LogP contribution in [-0.4, -0.2) is 30.3 Å². The van der Waals surface area contributed by atoms with E-state index in [0.717, 1.165) is 23.9 Å². The topological polar surface area (TPSA) is 20.3 Å². The van der Waals surface area contributed by atoms with Gasteiger partial charge in [0.25, 0.3) is 0 Å². The molecule has 1 saturated heterocycles. The fourth-order valence-corrected chi connectivity index (χ4v) is 3.56. The van der Waals surface area contributed by atoms with Gasteiger partial charge in [0.05, 0.1) is 15.8 Å². The summed E-state index contributed by atoms with van der Waals surface area (Å²) in [7, 11) is 0. The van der Waals surface area contributed by atoms with Crippen LogP contribution in [0.3, 0.4) is 0 Å². The predicted molar refractivity (Wildman–Crippen MR) is 77.7 cm³/mol. The Morgan fingerprint density at radius 2 is 2.17 bits per heavy atom. The monoisotopic (exact) mass is 285 g/mol. The van der Waals surface area contributed by atoms with Crippen LogP contribution in [0, 0.1) is 5.92 Å². The van der Waals surface area contributed by atoms with Crippen LogP contribution in [-0.2, 0) is 0 Å². The lowest BCUT2D eigenvalue weighted by Gasteiger charge is -2.31. The molecule has 1 fully saturated rings. The van der Waals surface area contributed by atoms with Gasteiger partial charge in [-0.1, -0.05) is 31.4 Å². The predicted octanol–water partition coefficient (Wildman–Crippen LogP) is 4.10. The van der Waals surface area contributed by atoms with E-state index in [2.05, 4.69) is 11.8 Å². The summed E-state index contributed by atoms with van der Waals surface area (Å²) in [5.41, 5.74) is 0. The van der Waals surface area contributed by atoms with Crippen LogP contribution in [0.4, 0.5) is 0 Å². The largest absolute Gasteiger partial charge is 0.296 e. The highest BCUT2D eigenvalue weighted by atomic mass is 35.5. The Morgan fingerprint density at radius 3 is 2.72 bits per heavy atom. The van der Waals surface area contributed by atoms with Gasteiger partial charge in [0.2, 0.25) is 0 Å². The normalized spacial score (nSPS) is 18.1. The van der Waals surface area contributed by atoms with Crippen molar-refractivity contribution in [1.29, 1.82) is 0 Å². The highest BCUT2D eigenvalue weighted by Gasteiger charge is 2.21. The van der Waals surface area contributed by atoms with Crippen LogP contribution < -0.4 is 0 Å². The quantitative estimate of drug-likeness (QED) is 0.759. The molecule has 0 atom stereocenters. The summed E-state index contributed by atoms with van der Waals surface area (Å²) in [4.78, 5) is 15.1. The smallest absolute Gasteiger partial charge is 0.186 e. The van der Waals surface area contributed by atoms with Gasteiger partial charge >= 0.3 is 0 Å². The van der Waals surface area contributed by atoms with Crippen LogP contribution in [0.5, 0.6) is 0 Å². The minimum absolute atomic E-state index is 0.209. The van der Waals surface area contributed by atoms with E-state index in [1.54, 1.807) is 6.07 Å². The number of ketones is 1. The summed E-state index contributed by atoms with van der Waals surface area (Å²) in [6, 6.07) is 3.63. The van der Waals surface area contributed by atoms with Gasteiger partial charge in [0, 0.05) is 0 Å². The molecule has 0 spiro atoms. The zero-order valence-corrected chi connectivity index (χ0v) is 12.4. The third kappa shape index (κ3) is 3.81. The molecule has 1 aromatic heterocycles. The second-order valence-electron chi connectivity index (χ2n) is 5.04. The average Bonchev–Trinajstić information content (AvgIpc) is 2.79. The van der Waals surface area contributed by atoms with Crippen LogP contribution in [0.15, 0.2) is 12.1 Å². The number of thiophene rings is 1. The third-order valence-electron chi connectivity index (χ3n) is 3.62. The molecule has 1 aliphatic heterocycles. The van der Waals surface area contributed by atoms with Crippen LogP contribution in [0.25, 0.3) is 0 Å². The molecule has 4 heteroatoms. The van der Waals surface area contributed by atoms with Crippen LogP contribution in [0.2, 0.25) is 4.34 Å². The zero-order chi connectivity index (χ0) is 13.0. The molecule has 0 unspecified atom stereocenters. The summed E-state index contributed by atoms with van der Waals surface area (Å²) in [6.07, 6.45) is 5.10. The number of halogens is 1. The Bertz CT molecular complexity index is 396. The van der Waals surface area contributed by atoms with Crippen molar-refractivity contribution >= 4 is 28.7 Å². The van der Waals surface area contributed by atoms with Crippen molar-refractivity contribution in [3.05, 3.63) is 21.3 Å². The van der Waals surface area contributed by atoms with Crippen molar-refractivity contribution in [2.75, 3.05) is 19.6 Å². The van der Waals surface area contributed by atoms with Gasteiger partial charge in [-0.2, -0.15) is 0 Å². The maximum atomic E-state index is 12.0. The maximum absolute atomic E-state index is 12.0. The number of likely N-dealkylation sites (tertiary alicyclic amines) is 1. The molecule has 1 aliphatic rings. The number of Topliss-reactive ketones (excluding diaryl/α,β-unsaturated/α-hetero) is 1. The molecule has 1 aromatic rings. The van der Waals surface area contributed by atoms with Crippen LogP contribution >= 0.6 is 22.9 Å².